The van der Waals surface area contributed by atoms with Gasteiger partial charge < -0.3 is 10.3 Å². The highest BCUT2D eigenvalue weighted by Gasteiger charge is 2.10. The summed E-state index contributed by atoms with van der Waals surface area (Å²) in [6, 6.07) is 5.56. The van der Waals surface area contributed by atoms with Crippen LogP contribution in [-0.4, -0.2) is 10.1 Å². The molecule has 18 heavy (non-hydrogen) atoms. The van der Waals surface area contributed by atoms with Gasteiger partial charge in [-0.25, -0.2) is 0 Å². The topological polar surface area (TPSA) is 64.9 Å². The molecule has 0 fully saturated rings. The SMILES string of the molecule is CC(C)c1nc(CSc2ccc(N)c(Cl)c2)no1. The van der Waals surface area contributed by atoms with Crippen molar-refractivity contribution in [3.05, 3.63) is 34.9 Å². The highest BCUT2D eigenvalue weighted by atomic mass is 35.5. The van der Waals surface area contributed by atoms with Gasteiger partial charge in [0.25, 0.3) is 0 Å². The van der Waals surface area contributed by atoms with Crippen LogP contribution < -0.4 is 5.73 Å². The Labute approximate surface area is 115 Å². The van der Waals surface area contributed by atoms with Crippen molar-refractivity contribution in [2.24, 2.45) is 0 Å². The summed E-state index contributed by atoms with van der Waals surface area (Å²) in [4.78, 5) is 5.34. The smallest absolute Gasteiger partial charge is 0.229 e. The van der Waals surface area contributed by atoms with Gasteiger partial charge in [0.2, 0.25) is 5.89 Å². The maximum atomic E-state index is 5.95. The summed E-state index contributed by atoms with van der Waals surface area (Å²) in [6.07, 6.45) is 0. The molecule has 0 atom stereocenters. The Balaban J connectivity index is 2.00. The molecule has 96 valence electrons. The molecule has 0 bridgehead atoms. The van der Waals surface area contributed by atoms with E-state index in [9.17, 15) is 0 Å². The number of nitrogens with zero attached hydrogens (tertiary/aromatic N) is 2. The largest absolute Gasteiger partial charge is 0.398 e. The number of benzene rings is 1. The second-order valence-corrected chi connectivity index (χ2v) is 5.63. The fraction of sp³-hybridized carbons (Fsp3) is 0.333. The normalized spacial score (nSPS) is 11.1. The summed E-state index contributed by atoms with van der Waals surface area (Å²) in [5.41, 5.74) is 6.24. The lowest BCUT2D eigenvalue weighted by Crippen LogP contribution is -1.89. The van der Waals surface area contributed by atoms with E-state index < -0.39 is 0 Å². The van der Waals surface area contributed by atoms with E-state index in [4.69, 9.17) is 21.9 Å². The minimum Gasteiger partial charge on any atom is -0.398 e. The molecule has 1 heterocycles. The van der Waals surface area contributed by atoms with Gasteiger partial charge in [0, 0.05) is 10.8 Å². The second-order valence-electron chi connectivity index (χ2n) is 4.18. The Morgan fingerprint density at radius 3 is 2.83 bits per heavy atom. The molecule has 0 saturated carbocycles. The summed E-state index contributed by atoms with van der Waals surface area (Å²) in [6.45, 7) is 4.04. The van der Waals surface area contributed by atoms with Crippen LogP contribution in [0.15, 0.2) is 27.6 Å². The van der Waals surface area contributed by atoms with Crippen LogP contribution in [0.3, 0.4) is 0 Å². The van der Waals surface area contributed by atoms with Crippen molar-refractivity contribution in [1.82, 2.24) is 10.1 Å². The van der Waals surface area contributed by atoms with Crippen LogP contribution in [0.4, 0.5) is 5.69 Å². The summed E-state index contributed by atoms with van der Waals surface area (Å²) >= 11 is 7.55. The van der Waals surface area contributed by atoms with Gasteiger partial charge in [0.15, 0.2) is 5.82 Å². The Morgan fingerprint density at radius 1 is 1.44 bits per heavy atom. The third kappa shape index (κ3) is 3.17. The lowest BCUT2D eigenvalue weighted by molar-refractivity contribution is 0.362. The second kappa shape index (κ2) is 5.63. The van der Waals surface area contributed by atoms with Gasteiger partial charge in [-0.1, -0.05) is 30.6 Å². The quantitative estimate of drug-likeness (QED) is 0.684. The van der Waals surface area contributed by atoms with Crippen molar-refractivity contribution < 1.29 is 4.52 Å². The van der Waals surface area contributed by atoms with Gasteiger partial charge >= 0.3 is 0 Å². The van der Waals surface area contributed by atoms with E-state index in [0.29, 0.717) is 28.2 Å². The monoisotopic (exact) mass is 283 g/mol. The van der Waals surface area contributed by atoms with Crippen LogP contribution in [0.5, 0.6) is 0 Å². The Hall–Kier alpha value is -1.20. The number of anilines is 1. The molecular weight excluding hydrogens is 270 g/mol. The van der Waals surface area contributed by atoms with Gasteiger partial charge in [-0.05, 0) is 18.2 Å². The average molecular weight is 284 g/mol. The zero-order chi connectivity index (χ0) is 13.1. The van der Waals surface area contributed by atoms with Gasteiger partial charge in [0.1, 0.15) is 0 Å². The Bertz CT molecular complexity index is 542. The van der Waals surface area contributed by atoms with E-state index in [1.54, 1.807) is 17.8 Å². The predicted octanol–water partition coefficient (Wildman–Crippen LogP) is 3.72. The molecule has 0 saturated heterocycles. The van der Waals surface area contributed by atoms with Crippen LogP contribution >= 0.6 is 23.4 Å². The Morgan fingerprint density at radius 2 is 2.22 bits per heavy atom. The summed E-state index contributed by atoms with van der Waals surface area (Å²) < 4.78 is 5.14. The molecule has 6 heteroatoms. The minimum absolute atomic E-state index is 0.252. The maximum absolute atomic E-state index is 5.95. The number of thioether (sulfide) groups is 1. The fourth-order valence-corrected chi connectivity index (χ4v) is 2.33. The molecule has 0 radical (unpaired) electrons. The predicted molar refractivity (Wildman–Crippen MR) is 73.8 cm³/mol. The van der Waals surface area contributed by atoms with Crippen LogP contribution in [0.2, 0.25) is 5.02 Å². The van der Waals surface area contributed by atoms with E-state index in [0.717, 1.165) is 4.90 Å². The van der Waals surface area contributed by atoms with Crippen molar-refractivity contribution >= 4 is 29.1 Å². The number of nitrogens with two attached hydrogens (primary N) is 1. The first-order valence-corrected chi connectivity index (χ1v) is 6.93. The van der Waals surface area contributed by atoms with Gasteiger partial charge in [-0.2, -0.15) is 4.98 Å². The number of hydrogen-bond donors (Lipinski definition) is 1. The third-order valence-corrected chi connectivity index (χ3v) is 3.63. The highest BCUT2D eigenvalue weighted by molar-refractivity contribution is 7.98. The molecule has 0 unspecified atom stereocenters. The summed E-state index contributed by atoms with van der Waals surface area (Å²) in [5, 5.41) is 4.49. The van der Waals surface area contributed by atoms with Crippen LogP contribution in [0, 0.1) is 0 Å². The van der Waals surface area contributed by atoms with Gasteiger partial charge in [-0.3, -0.25) is 0 Å². The van der Waals surface area contributed by atoms with E-state index in [2.05, 4.69) is 10.1 Å². The number of hydrogen-bond acceptors (Lipinski definition) is 5. The van der Waals surface area contributed by atoms with Crippen LogP contribution in [0.25, 0.3) is 0 Å². The first-order chi connectivity index (χ1) is 8.56. The van der Waals surface area contributed by atoms with E-state index >= 15 is 0 Å². The molecule has 0 aliphatic carbocycles. The molecule has 2 rings (SSSR count). The van der Waals surface area contributed by atoms with Crippen molar-refractivity contribution in [3.8, 4) is 0 Å². The number of nitrogen functional groups attached to an aromatic ring is 1. The standard InChI is InChI=1S/C12H14ClN3OS/c1-7(2)12-15-11(16-17-12)6-18-8-3-4-10(14)9(13)5-8/h3-5,7H,6,14H2,1-2H3. The van der Waals surface area contributed by atoms with Crippen molar-refractivity contribution in [1.29, 1.82) is 0 Å². The zero-order valence-electron chi connectivity index (χ0n) is 10.2. The van der Waals surface area contributed by atoms with E-state index in [-0.39, 0.29) is 5.92 Å². The number of halogens is 1. The van der Waals surface area contributed by atoms with Gasteiger partial charge in [0.05, 0.1) is 16.5 Å². The zero-order valence-corrected chi connectivity index (χ0v) is 11.8. The van der Waals surface area contributed by atoms with Crippen molar-refractivity contribution in [2.75, 3.05) is 5.73 Å². The summed E-state index contributed by atoms with van der Waals surface area (Å²) in [5.74, 6) is 2.26. The first kappa shape index (κ1) is 13.2. The molecule has 4 nitrogen and oxygen atoms in total. The lowest BCUT2D eigenvalue weighted by Gasteiger charge is -2.01. The molecule has 0 aliphatic heterocycles. The number of aromatic nitrogens is 2. The molecule has 2 N–H and O–H groups in total. The van der Waals surface area contributed by atoms with Crippen molar-refractivity contribution in [2.45, 2.75) is 30.4 Å². The fourth-order valence-electron chi connectivity index (χ4n) is 1.31. The Kier molecular flexibility index (Phi) is 4.14. The minimum atomic E-state index is 0.252. The van der Waals surface area contributed by atoms with E-state index in [1.165, 1.54) is 0 Å². The molecule has 0 aliphatic rings. The third-order valence-electron chi connectivity index (χ3n) is 2.32. The van der Waals surface area contributed by atoms with E-state index in [1.807, 2.05) is 26.0 Å². The molecule has 2 aromatic rings. The maximum Gasteiger partial charge on any atom is 0.229 e. The van der Waals surface area contributed by atoms with Crippen LogP contribution in [0.1, 0.15) is 31.5 Å². The highest BCUT2D eigenvalue weighted by Crippen LogP contribution is 2.28. The molecule has 0 spiro atoms. The number of rotatable bonds is 4. The van der Waals surface area contributed by atoms with Crippen molar-refractivity contribution in [3.63, 3.8) is 0 Å². The molecule has 1 aromatic heterocycles. The average Bonchev–Trinajstić information content (AvgIpc) is 2.79. The lowest BCUT2D eigenvalue weighted by atomic mass is 10.2. The molecule has 0 amide bonds. The van der Waals surface area contributed by atoms with Gasteiger partial charge in [-0.15, -0.1) is 11.8 Å². The first-order valence-electron chi connectivity index (χ1n) is 5.56. The summed E-state index contributed by atoms with van der Waals surface area (Å²) in [7, 11) is 0. The molecule has 1 aromatic carbocycles. The molecular formula is C12H14ClN3OS. The van der Waals surface area contributed by atoms with Crippen LogP contribution in [-0.2, 0) is 5.75 Å².